The smallest absolute Gasteiger partial charge is 0.338 e. The van der Waals surface area contributed by atoms with E-state index in [1.54, 1.807) is 54.6 Å². The van der Waals surface area contributed by atoms with Crippen LogP contribution in [0, 0.1) is 0 Å². The van der Waals surface area contributed by atoms with Gasteiger partial charge in [0.25, 0.3) is 0 Å². The number of benzene rings is 2. The molecule has 0 aromatic heterocycles. The first-order valence-corrected chi connectivity index (χ1v) is 12.1. The van der Waals surface area contributed by atoms with E-state index in [2.05, 4.69) is 13.5 Å². The van der Waals surface area contributed by atoms with Gasteiger partial charge in [0.15, 0.2) is 0 Å². The number of esters is 2. The summed E-state index contributed by atoms with van der Waals surface area (Å²) in [7, 11) is 0. The molecule has 1 aliphatic rings. The van der Waals surface area contributed by atoms with Gasteiger partial charge in [-0.2, -0.15) is 0 Å². The van der Waals surface area contributed by atoms with E-state index in [1.165, 1.54) is 0 Å². The molecule has 35 heavy (non-hydrogen) atoms. The van der Waals surface area contributed by atoms with Crippen LogP contribution >= 0.6 is 0 Å². The minimum absolute atomic E-state index is 0.157. The lowest BCUT2D eigenvalue weighted by atomic mass is 10.0. The van der Waals surface area contributed by atoms with Crippen molar-refractivity contribution >= 4 is 11.9 Å². The first-order valence-electron chi connectivity index (χ1n) is 12.1. The van der Waals surface area contributed by atoms with E-state index in [-0.39, 0.29) is 13.0 Å². The Morgan fingerprint density at radius 3 is 2.26 bits per heavy atom. The van der Waals surface area contributed by atoms with Crippen molar-refractivity contribution in [3.63, 3.8) is 0 Å². The third-order valence-corrected chi connectivity index (χ3v) is 5.83. The van der Waals surface area contributed by atoms with Gasteiger partial charge in [0.1, 0.15) is 24.9 Å². The summed E-state index contributed by atoms with van der Waals surface area (Å²) < 4.78 is 23.3. The van der Waals surface area contributed by atoms with Gasteiger partial charge < -0.3 is 24.1 Å². The summed E-state index contributed by atoms with van der Waals surface area (Å²) in [5.41, 5.74) is 0.791. The van der Waals surface area contributed by atoms with E-state index in [1.807, 2.05) is 12.1 Å². The van der Waals surface area contributed by atoms with Gasteiger partial charge >= 0.3 is 11.9 Å². The van der Waals surface area contributed by atoms with Crippen molar-refractivity contribution in [3.05, 3.63) is 84.4 Å². The molecule has 0 bridgehead atoms. The summed E-state index contributed by atoms with van der Waals surface area (Å²) in [6.07, 6.45) is 0.908. The fourth-order valence-electron chi connectivity index (χ4n) is 3.96. The second kappa shape index (κ2) is 13.8. The first kappa shape index (κ1) is 26.6. The first-order chi connectivity index (χ1) is 17.0. The van der Waals surface area contributed by atoms with Gasteiger partial charge in [-0.15, -0.1) is 6.58 Å². The van der Waals surface area contributed by atoms with E-state index < -0.39 is 42.5 Å². The van der Waals surface area contributed by atoms with Crippen LogP contribution in [-0.2, 0) is 18.9 Å². The molecule has 7 nitrogen and oxygen atoms in total. The zero-order chi connectivity index (χ0) is 25.0. The SMILES string of the molecule is C=CC[C@H]1O[C@H](CC(COC(=O)c2ccccc2)OC(=O)c2ccccc2)[C@H](OCCCC)[C@H]1O. The van der Waals surface area contributed by atoms with Crippen LogP contribution in [0.4, 0.5) is 0 Å². The normalized spacial score (nSPS) is 22.3. The number of carbonyl (C=O) groups excluding carboxylic acids is 2. The minimum atomic E-state index is -0.841. The van der Waals surface area contributed by atoms with Gasteiger partial charge in [0.05, 0.1) is 23.3 Å². The van der Waals surface area contributed by atoms with Crippen molar-refractivity contribution in [1.29, 1.82) is 0 Å². The molecular weight excluding hydrogens is 448 g/mol. The van der Waals surface area contributed by atoms with Crippen LogP contribution in [0.5, 0.6) is 0 Å². The molecule has 1 unspecified atom stereocenters. The highest BCUT2D eigenvalue weighted by molar-refractivity contribution is 5.90. The zero-order valence-corrected chi connectivity index (χ0v) is 20.1. The molecule has 1 heterocycles. The highest BCUT2D eigenvalue weighted by Gasteiger charge is 2.45. The maximum atomic E-state index is 12.8. The van der Waals surface area contributed by atoms with Crippen molar-refractivity contribution in [3.8, 4) is 0 Å². The van der Waals surface area contributed by atoms with Gasteiger partial charge in [-0.05, 0) is 37.1 Å². The molecule has 7 heteroatoms. The predicted octanol–water partition coefficient (Wildman–Crippen LogP) is 4.35. The van der Waals surface area contributed by atoms with E-state index in [0.29, 0.717) is 24.2 Å². The number of aliphatic hydroxyl groups excluding tert-OH is 1. The van der Waals surface area contributed by atoms with Crippen molar-refractivity contribution in [2.45, 2.75) is 63.1 Å². The largest absolute Gasteiger partial charge is 0.458 e. The molecule has 0 saturated carbocycles. The molecule has 2 aromatic carbocycles. The summed E-state index contributed by atoms with van der Waals surface area (Å²) in [6.45, 7) is 6.12. The molecule has 3 rings (SSSR count). The average molecular weight is 483 g/mol. The lowest BCUT2D eigenvalue weighted by Gasteiger charge is -2.25. The van der Waals surface area contributed by atoms with Crippen LogP contribution < -0.4 is 0 Å². The molecule has 0 spiro atoms. The van der Waals surface area contributed by atoms with Crippen molar-refractivity contribution in [2.75, 3.05) is 13.2 Å². The highest BCUT2D eigenvalue weighted by Crippen LogP contribution is 2.30. The third-order valence-electron chi connectivity index (χ3n) is 5.83. The molecular formula is C28H34O7. The second-order valence-corrected chi connectivity index (χ2v) is 8.51. The number of aliphatic hydroxyl groups is 1. The quantitative estimate of drug-likeness (QED) is 0.258. The number of unbranched alkanes of at least 4 members (excludes halogenated alkanes) is 1. The predicted molar refractivity (Wildman–Crippen MR) is 131 cm³/mol. The molecule has 5 atom stereocenters. The molecule has 0 radical (unpaired) electrons. The Bertz CT molecular complexity index is 931. The summed E-state index contributed by atoms with van der Waals surface area (Å²) in [6, 6.07) is 17.2. The Kier molecular flexibility index (Phi) is 10.5. The highest BCUT2D eigenvalue weighted by atomic mass is 16.6. The number of hydrogen-bond acceptors (Lipinski definition) is 7. The fourth-order valence-corrected chi connectivity index (χ4v) is 3.96. The van der Waals surface area contributed by atoms with E-state index in [0.717, 1.165) is 12.8 Å². The van der Waals surface area contributed by atoms with Gasteiger partial charge in [0.2, 0.25) is 0 Å². The fraction of sp³-hybridized carbons (Fsp3) is 0.429. The molecule has 0 aliphatic carbocycles. The van der Waals surface area contributed by atoms with E-state index in [4.69, 9.17) is 18.9 Å². The number of carbonyl (C=O) groups is 2. The summed E-state index contributed by atoms with van der Waals surface area (Å²) in [5, 5.41) is 10.8. The summed E-state index contributed by atoms with van der Waals surface area (Å²) >= 11 is 0. The van der Waals surface area contributed by atoms with Crippen LogP contribution in [0.1, 0.15) is 53.3 Å². The Morgan fingerprint density at radius 2 is 1.66 bits per heavy atom. The Balaban J connectivity index is 1.73. The van der Waals surface area contributed by atoms with Gasteiger partial charge in [-0.25, -0.2) is 9.59 Å². The Labute approximate surface area is 206 Å². The van der Waals surface area contributed by atoms with E-state index in [9.17, 15) is 14.7 Å². The lowest BCUT2D eigenvalue weighted by Crippen LogP contribution is -2.38. The second-order valence-electron chi connectivity index (χ2n) is 8.51. The van der Waals surface area contributed by atoms with Crippen LogP contribution in [0.25, 0.3) is 0 Å². The molecule has 2 aromatic rings. The molecule has 1 N–H and O–H groups in total. The van der Waals surface area contributed by atoms with Crippen molar-refractivity contribution in [1.82, 2.24) is 0 Å². The van der Waals surface area contributed by atoms with E-state index >= 15 is 0 Å². The van der Waals surface area contributed by atoms with Gasteiger partial charge in [-0.1, -0.05) is 55.8 Å². The van der Waals surface area contributed by atoms with Crippen molar-refractivity contribution < 1.29 is 33.6 Å². The van der Waals surface area contributed by atoms with Crippen LogP contribution in [0.2, 0.25) is 0 Å². The standard InChI is InChI=1S/C28H34O7/c1-3-5-17-32-26-24(35-23(12-4-2)25(26)29)18-22(34-28(31)21-15-10-7-11-16-21)19-33-27(30)20-13-8-6-9-14-20/h4,6-11,13-16,22-26,29H,2-3,5,12,17-19H2,1H3/t22?,23-,24-,25+,26+/m1/s1. The Morgan fingerprint density at radius 1 is 1.03 bits per heavy atom. The van der Waals surface area contributed by atoms with Gasteiger partial charge in [-0.3, -0.25) is 0 Å². The third kappa shape index (κ3) is 7.75. The Hall–Kier alpha value is -3.00. The number of ether oxygens (including phenoxy) is 4. The summed E-state index contributed by atoms with van der Waals surface area (Å²) in [5.74, 6) is -1.05. The van der Waals surface area contributed by atoms with Crippen LogP contribution in [0.3, 0.4) is 0 Å². The summed E-state index contributed by atoms with van der Waals surface area (Å²) in [4.78, 5) is 25.3. The van der Waals surface area contributed by atoms with Crippen LogP contribution in [0.15, 0.2) is 73.3 Å². The molecule has 188 valence electrons. The molecule has 1 saturated heterocycles. The minimum Gasteiger partial charge on any atom is -0.458 e. The van der Waals surface area contributed by atoms with Crippen LogP contribution in [-0.4, -0.2) is 60.8 Å². The molecule has 1 fully saturated rings. The molecule has 0 amide bonds. The lowest BCUT2D eigenvalue weighted by molar-refractivity contribution is -0.0644. The number of rotatable bonds is 13. The number of hydrogen-bond donors (Lipinski definition) is 1. The average Bonchev–Trinajstić information content (AvgIpc) is 3.17. The maximum absolute atomic E-state index is 12.8. The molecule has 1 aliphatic heterocycles. The monoisotopic (exact) mass is 482 g/mol. The maximum Gasteiger partial charge on any atom is 0.338 e. The topological polar surface area (TPSA) is 91.3 Å². The van der Waals surface area contributed by atoms with Gasteiger partial charge in [0, 0.05) is 13.0 Å². The zero-order valence-electron chi connectivity index (χ0n) is 20.1. The van der Waals surface area contributed by atoms with Crippen molar-refractivity contribution in [2.24, 2.45) is 0 Å².